The predicted molar refractivity (Wildman–Crippen MR) is 112 cm³/mol. The number of ether oxygens (including phenoxy) is 2. The zero-order valence-corrected chi connectivity index (χ0v) is 17.2. The van der Waals surface area contributed by atoms with Gasteiger partial charge in [0.1, 0.15) is 11.5 Å². The van der Waals surface area contributed by atoms with Gasteiger partial charge in [0.05, 0.1) is 6.10 Å². The molecule has 1 unspecified atom stereocenters. The zero-order chi connectivity index (χ0) is 19.9. The minimum Gasteiger partial charge on any atom is -0.491 e. The second-order valence-electron chi connectivity index (χ2n) is 7.68. The van der Waals surface area contributed by atoms with E-state index in [1.165, 1.54) is 24.0 Å². The molecule has 0 aromatic heterocycles. The Kier molecular flexibility index (Phi) is 6.96. The average Bonchev–Trinajstić information content (AvgIpc) is 2.70. The fourth-order valence-corrected chi connectivity index (χ4v) is 3.57. The molecule has 0 fully saturated rings. The highest BCUT2D eigenvalue weighted by Gasteiger charge is 2.19. The number of benzene rings is 2. The molecule has 3 rings (SSSR count). The first-order valence-corrected chi connectivity index (χ1v) is 10.4. The lowest BCUT2D eigenvalue weighted by molar-refractivity contribution is -0.128. The smallest absolute Gasteiger partial charge is 0.261 e. The standard InChI is InChI=1S/C24H31NO3/c1-4-23(28-22-13-12-19-9-5-6-10-20(19)15-22)24(26)25-16-18-8-7-11-21(14-18)27-17(2)3/h7-8,11-15,17,23H,4-6,9-10,16H2,1-3H3,(H,25,26). The summed E-state index contributed by atoms with van der Waals surface area (Å²) in [7, 11) is 0. The minimum absolute atomic E-state index is 0.0876. The van der Waals surface area contributed by atoms with E-state index in [0.717, 1.165) is 29.9 Å². The molecule has 28 heavy (non-hydrogen) atoms. The number of hydrogen-bond donors (Lipinski definition) is 1. The predicted octanol–water partition coefficient (Wildman–Crippen LogP) is 4.83. The van der Waals surface area contributed by atoms with Crippen molar-refractivity contribution >= 4 is 5.91 Å². The van der Waals surface area contributed by atoms with Crippen LogP contribution in [0, 0.1) is 0 Å². The van der Waals surface area contributed by atoms with Gasteiger partial charge in [-0.25, -0.2) is 0 Å². The lowest BCUT2D eigenvalue weighted by Crippen LogP contribution is -2.37. The molecule has 0 aliphatic heterocycles. The van der Waals surface area contributed by atoms with Crippen molar-refractivity contribution in [2.24, 2.45) is 0 Å². The van der Waals surface area contributed by atoms with E-state index in [0.29, 0.717) is 13.0 Å². The summed E-state index contributed by atoms with van der Waals surface area (Å²) >= 11 is 0. The molecule has 1 N–H and O–H groups in total. The first-order chi connectivity index (χ1) is 13.5. The summed E-state index contributed by atoms with van der Waals surface area (Å²) in [5.41, 5.74) is 3.79. The van der Waals surface area contributed by atoms with Gasteiger partial charge in [-0.05, 0) is 86.9 Å². The Labute approximate surface area is 168 Å². The van der Waals surface area contributed by atoms with Crippen molar-refractivity contribution in [2.75, 3.05) is 0 Å². The molecular weight excluding hydrogens is 350 g/mol. The number of rotatable bonds is 8. The molecule has 0 saturated carbocycles. The number of carbonyl (C=O) groups is 1. The number of nitrogens with one attached hydrogen (secondary N) is 1. The molecule has 0 bridgehead atoms. The number of hydrogen-bond acceptors (Lipinski definition) is 3. The van der Waals surface area contributed by atoms with Crippen molar-refractivity contribution in [1.82, 2.24) is 5.32 Å². The summed E-state index contributed by atoms with van der Waals surface area (Å²) in [5.74, 6) is 1.52. The molecule has 0 radical (unpaired) electrons. The van der Waals surface area contributed by atoms with Gasteiger partial charge < -0.3 is 14.8 Å². The molecule has 0 spiro atoms. The Morgan fingerprint density at radius 2 is 1.75 bits per heavy atom. The monoisotopic (exact) mass is 381 g/mol. The summed E-state index contributed by atoms with van der Waals surface area (Å²) in [5, 5.41) is 2.99. The third-order valence-corrected chi connectivity index (χ3v) is 5.00. The van der Waals surface area contributed by atoms with Gasteiger partial charge in [-0.1, -0.05) is 25.1 Å². The molecule has 4 heteroatoms. The molecule has 1 aliphatic rings. The van der Waals surface area contributed by atoms with Crippen molar-refractivity contribution in [3.8, 4) is 11.5 Å². The van der Waals surface area contributed by atoms with Crippen molar-refractivity contribution in [1.29, 1.82) is 0 Å². The highest BCUT2D eigenvalue weighted by molar-refractivity contribution is 5.81. The van der Waals surface area contributed by atoms with Crippen LogP contribution in [0.2, 0.25) is 0 Å². The molecule has 1 aliphatic carbocycles. The van der Waals surface area contributed by atoms with Crippen LogP contribution in [0.25, 0.3) is 0 Å². The van der Waals surface area contributed by atoms with E-state index in [9.17, 15) is 4.79 Å². The number of amides is 1. The third kappa shape index (κ3) is 5.51. The largest absolute Gasteiger partial charge is 0.491 e. The van der Waals surface area contributed by atoms with Crippen LogP contribution in [0.5, 0.6) is 11.5 Å². The minimum atomic E-state index is -0.489. The van der Waals surface area contributed by atoms with Gasteiger partial charge in [0.2, 0.25) is 0 Å². The molecule has 1 atom stereocenters. The first-order valence-electron chi connectivity index (χ1n) is 10.4. The maximum atomic E-state index is 12.6. The summed E-state index contributed by atoms with van der Waals surface area (Å²) in [6.45, 7) is 6.43. The van der Waals surface area contributed by atoms with Gasteiger partial charge in [-0.15, -0.1) is 0 Å². The lowest BCUT2D eigenvalue weighted by atomic mass is 9.92. The van der Waals surface area contributed by atoms with E-state index < -0.39 is 6.10 Å². The Hall–Kier alpha value is -2.49. The van der Waals surface area contributed by atoms with Crippen LogP contribution in [0.15, 0.2) is 42.5 Å². The second-order valence-corrected chi connectivity index (χ2v) is 7.68. The van der Waals surface area contributed by atoms with Crippen LogP contribution >= 0.6 is 0 Å². The molecule has 150 valence electrons. The lowest BCUT2D eigenvalue weighted by Gasteiger charge is -2.20. The molecule has 0 saturated heterocycles. The highest BCUT2D eigenvalue weighted by atomic mass is 16.5. The second kappa shape index (κ2) is 9.63. The quantitative estimate of drug-likeness (QED) is 0.713. The summed E-state index contributed by atoms with van der Waals surface area (Å²) in [4.78, 5) is 12.6. The maximum absolute atomic E-state index is 12.6. The molecule has 2 aromatic rings. The molecule has 4 nitrogen and oxygen atoms in total. The van der Waals surface area contributed by atoms with E-state index in [4.69, 9.17) is 9.47 Å². The van der Waals surface area contributed by atoms with Crippen LogP contribution in [0.1, 0.15) is 56.7 Å². The van der Waals surface area contributed by atoms with Crippen LogP contribution in [0.4, 0.5) is 0 Å². The SMILES string of the molecule is CCC(Oc1ccc2c(c1)CCCC2)C(=O)NCc1cccc(OC(C)C)c1. The Morgan fingerprint density at radius 3 is 2.50 bits per heavy atom. The number of aryl methyl sites for hydroxylation is 2. The van der Waals surface area contributed by atoms with Gasteiger partial charge in [0, 0.05) is 6.54 Å². The van der Waals surface area contributed by atoms with E-state index >= 15 is 0 Å². The zero-order valence-electron chi connectivity index (χ0n) is 17.2. The molecule has 0 heterocycles. The van der Waals surface area contributed by atoms with Crippen LogP contribution in [-0.2, 0) is 24.2 Å². The fourth-order valence-electron chi connectivity index (χ4n) is 3.57. The van der Waals surface area contributed by atoms with E-state index in [-0.39, 0.29) is 12.0 Å². The van der Waals surface area contributed by atoms with Crippen molar-refractivity contribution in [3.05, 3.63) is 59.2 Å². The number of carbonyl (C=O) groups excluding carboxylic acids is 1. The van der Waals surface area contributed by atoms with Gasteiger partial charge >= 0.3 is 0 Å². The number of fused-ring (bicyclic) bond motifs is 1. The molecule has 2 aromatic carbocycles. The van der Waals surface area contributed by atoms with Gasteiger partial charge in [0.15, 0.2) is 6.10 Å². The topological polar surface area (TPSA) is 47.6 Å². The summed E-state index contributed by atoms with van der Waals surface area (Å²) in [6.07, 6.45) is 5.00. The molecular formula is C24H31NO3. The van der Waals surface area contributed by atoms with Gasteiger partial charge in [-0.3, -0.25) is 4.79 Å². The van der Waals surface area contributed by atoms with Crippen LogP contribution in [-0.4, -0.2) is 18.1 Å². The first kappa shape index (κ1) is 20.2. The maximum Gasteiger partial charge on any atom is 0.261 e. The van der Waals surface area contributed by atoms with Crippen LogP contribution < -0.4 is 14.8 Å². The summed E-state index contributed by atoms with van der Waals surface area (Å²) < 4.78 is 11.7. The van der Waals surface area contributed by atoms with Crippen LogP contribution in [0.3, 0.4) is 0 Å². The Balaban J connectivity index is 1.58. The molecule has 1 amide bonds. The van der Waals surface area contributed by atoms with Gasteiger partial charge in [-0.2, -0.15) is 0 Å². The Morgan fingerprint density at radius 1 is 1.00 bits per heavy atom. The fraction of sp³-hybridized carbons (Fsp3) is 0.458. The normalized spacial score (nSPS) is 14.3. The van der Waals surface area contributed by atoms with Crippen molar-refractivity contribution in [2.45, 2.75) is 71.6 Å². The van der Waals surface area contributed by atoms with E-state index in [1.54, 1.807) is 0 Å². The van der Waals surface area contributed by atoms with Crippen molar-refractivity contribution in [3.63, 3.8) is 0 Å². The highest BCUT2D eigenvalue weighted by Crippen LogP contribution is 2.26. The average molecular weight is 382 g/mol. The van der Waals surface area contributed by atoms with Gasteiger partial charge in [0.25, 0.3) is 5.91 Å². The van der Waals surface area contributed by atoms with Crippen molar-refractivity contribution < 1.29 is 14.3 Å². The van der Waals surface area contributed by atoms with E-state index in [2.05, 4.69) is 17.4 Å². The summed E-state index contributed by atoms with van der Waals surface area (Å²) in [6, 6.07) is 14.1. The Bertz CT molecular complexity index is 800. The van der Waals surface area contributed by atoms with E-state index in [1.807, 2.05) is 51.1 Å². The third-order valence-electron chi connectivity index (χ3n) is 5.00.